The predicted octanol–water partition coefficient (Wildman–Crippen LogP) is 3.37. The highest BCUT2D eigenvalue weighted by molar-refractivity contribution is 7.17. The molecule has 8 nitrogen and oxygen atoms in total. The van der Waals surface area contributed by atoms with E-state index < -0.39 is 10.9 Å². The summed E-state index contributed by atoms with van der Waals surface area (Å²) in [4.78, 5) is 40.0. The maximum absolute atomic E-state index is 12.9. The van der Waals surface area contributed by atoms with Crippen molar-refractivity contribution in [1.29, 1.82) is 0 Å². The van der Waals surface area contributed by atoms with E-state index in [4.69, 9.17) is 4.74 Å². The van der Waals surface area contributed by atoms with Gasteiger partial charge in [0.25, 0.3) is 11.2 Å². The van der Waals surface area contributed by atoms with Crippen LogP contribution in [0.1, 0.15) is 20.3 Å². The number of hydrogen-bond donors (Lipinski definition) is 0. The number of carbonyl (C=O) groups is 1. The van der Waals surface area contributed by atoms with Crippen LogP contribution in [0.15, 0.2) is 40.8 Å². The first kappa shape index (κ1) is 18.7. The van der Waals surface area contributed by atoms with Gasteiger partial charge in [-0.25, -0.2) is 4.98 Å². The Morgan fingerprint density at radius 3 is 2.70 bits per heavy atom. The second-order valence-electron chi connectivity index (χ2n) is 6.02. The lowest BCUT2D eigenvalue weighted by Crippen LogP contribution is -2.27. The molecule has 0 spiro atoms. The summed E-state index contributed by atoms with van der Waals surface area (Å²) < 4.78 is 6.43. The van der Waals surface area contributed by atoms with Gasteiger partial charge in [-0.3, -0.25) is 24.3 Å². The third-order valence-electron chi connectivity index (χ3n) is 4.16. The van der Waals surface area contributed by atoms with Gasteiger partial charge < -0.3 is 4.74 Å². The second-order valence-corrected chi connectivity index (χ2v) is 6.88. The largest absolute Gasteiger partial charge is 0.461 e. The van der Waals surface area contributed by atoms with Crippen LogP contribution in [0.25, 0.3) is 21.3 Å². The topological polar surface area (TPSA) is 104 Å². The van der Waals surface area contributed by atoms with Crippen molar-refractivity contribution in [3.05, 3.63) is 56.4 Å². The van der Waals surface area contributed by atoms with Crippen molar-refractivity contribution in [3.63, 3.8) is 0 Å². The fourth-order valence-electron chi connectivity index (χ4n) is 2.54. The van der Waals surface area contributed by atoms with Crippen molar-refractivity contribution in [3.8, 4) is 11.1 Å². The van der Waals surface area contributed by atoms with Crippen LogP contribution in [-0.4, -0.2) is 26.5 Å². The summed E-state index contributed by atoms with van der Waals surface area (Å²) >= 11 is 1.30. The number of benzene rings is 1. The molecule has 0 aliphatic carbocycles. The number of nitrogens with zero attached hydrogens (tertiary/aromatic N) is 3. The number of esters is 1. The molecule has 0 N–H and O–H groups in total. The van der Waals surface area contributed by atoms with Crippen LogP contribution in [-0.2, 0) is 16.1 Å². The van der Waals surface area contributed by atoms with Crippen molar-refractivity contribution < 1.29 is 14.5 Å². The summed E-state index contributed by atoms with van der Waals surface area (Å²) in [5.41, 5.74) is 0.926. The maximum atomic E-state index is 12.9. The van der Waals surface area contributed by atoms with Gasteiger partial charge in [0.05, 0.1) is 22.7 Å². The van der Waals surface area contributed by atoms with E-state index in [1.165, 1.54) is 34.4 Å². The van der Waals surface area contributed by atoms with Crippen LogP contribution < -0.4 is 5.56 Å². The Hall–Kier alpha value is -3.07. The van der Waals surface area contributed by atoms with Crippen molar-refractivity contribution >= 4 is 33.2 Å². The molecule has 3 aromatic rings. The number of hydrogen-bond acceptors (Lipinski definition) is 7. The van der Waals surface area contributed by atoms with Crippen molar-refractivity contribution in [2.75, 3.05) is 0 Å². The van der Waals surface area contributed by atoms with E-state index in [-0.39, 0.29) is 23.9 Å². The first-order valence-corrected chi connectivity index (χ1v) is 9.19. The quantitative estimate of drug-likeness (QED) is 0.365. The van der Waals surface area contributed by atoms with E-state index in [0.717, 1.165) is 0 Å². The van der Waals surface area contributed by atoms with E-state index in [0.29, 0.717) is 27.8 Å². The number of ether oxygens (including phenoxy) is 1. The van der Waals surface area contributed by atoms with Crippen LogP contribution in [0.5, 0.6) is 0 Å². The van der Waals surface area contributed by atoms with Gasteiger partial charge in [0.2, 0.25) is 0 Å². The van der Waals surface area contributed by atoms with Crippen LogP contribution >= 0.6 is 11.3 Å². The van der Waals surface area contributed by atoms with Gasteiger partial charge in [-0.2, -0.15) is 0 Å². The minimum Gasteiger partial charge on any atom is -0.461 e. The first-order valence-electron chi connectivity index (χ1n) is 8.31. The zero-order chi connectivity index (χ0) is 19.6. The SMILES string of the molecule is CCC(C)OC(=O)Cn1cnc2scc(-c3ccc([N+](=O)[O-])cc3)c2c1=O. The third kappa shape index (κ3) is 3.87. The fourth-order valence-corrected chi connectivity index (χ4v) is 3.45. The maximum Gasteiger partial charge on any atom is 0.326 e. The molecule has 140 valence electrons. The molecule has 0 saturated heterocycles. The molecule has 0 fully saturated rings. The number of fused-ring (bicyclic) bond motifs is 1. The van der Waals surface area contributed by atoms with Crippen molar-refractivity contribution in [2.24, 2.45) is 0 Å². The molecule has 2 heterocycles. The molecule has 9 heteroatoms. The molecule has 0 amide bonds. The molecule has 0 aliphatic heterocycles. The standard InChI is InChI=1S/C18H17N3O5S/c1-3-11(2)26-15(22)8-20-10-19-17-16(18(20)23)14(9-27-17)12-4-6-13(7-5-12)21(24)25/h4-7,9-11H,3,8H2,1-2H3. The molecule has 1 atom stereocenters. The average molecular weight is 387 g/mol. The Balaban J connectivity index is 1.98. The fraction of sp³-hybridized carbons (Fsp3) is 0.278. The van der Waals surface area contributed by atoms with E-state index in [2.05, 4.69) is 4.98 Å². The molecule has 3 rings (SSSR count). The number of aromatic nitrogens is 2. The molecule has 0 bridgehead atoms. The van der Waals surface area contributed by atoms with E-state index in [1.807, 2.05) is 6.92 Å². The van der Waals surface area contributed by atoms with Crippen molar-refractivity contribution in [2.45, 2.75) is 32.9 Å². The second kappa shape index (κ2) is 7.67. The number of nitro groups is 1. The van der Waals surface area contributed by atoms with Gasteiger partial charge >= 0.3 is 5.97 Å². The predicted molar refractivity (Wildman–Crippen MR) is 102 cm³/mol. The van der Waals surface area contributed by atoms with Gasteiger partial charge in [-0.05, 0) is 31.0 Å². The summed E-state index contributed by atoms with van der Waals surface area (Å²) in [7, 11) is 0. The Kier molecular flexibility index (Phi) is 5.31. The lowest BCUT2D eigenvalue weighted by molar-refractivity contribution is -0.384. The van der Waals surface area contributed by atoms with Crippen LogP contribution in [0, 0.1) is 10.1 Å². The van der Waals surface area contributed by atoms with Gasteiger partial charge in [0.15, 0.2) is 0 Å². The highest BCUT2D eigenvalue weighted by Crippen LogP contribution is 2.31. The zero-order valence-electron chi connectivity index (χ0n) is 14.7. The molecule has 0 radical (unpaired) electrons. The van der Waals surface area contributed by atoms with E-state index in [9.17, 15) is 19.7 Å². The lowest BCUT2D eigenvalue weighted by atomic mass is 10.1. The summed E-state index contributed by atoms with van der Waals surface area (Å²) in [6, 6.07) is 5.95. The molecular formula is C18H17N3O5S. The monoisotopic (exact) mass is 387 g/mol. The molecule has 27 heavy (non-hydrogen) atoms. The summed E-state index contributed by atoms with van der Waals surface area (Å²) in [5, 5.41) is 13.0. The number of rotatable bonds is 6. The molecule has 2 aromatic heterocycles. The Labute approximate surface area is 158 Å². The number of carbonyl (C=O) groups excluding carboxylic acids is 1. The van der Waals surface area contributed by atoms with Gasteiger partial charge in [-0.15, -0.1) is 11.3 Å². The van der Waals surface area contributed by atoms with Gasteiger partial charge in [0.1, 0.15) is 11.4 Å². The normalized spacial score (nSPS) is 12.1. The highest BCUT2D eigenvalue weighted by atomic mass is 32.1. The first-order chi connectivity index (χ1) is 12.9. The van der Waals surface area contributed by atoms with Crippen LogP contribution in [0.2, 0.25) is 0 Å². The van der Waals surface area contributed by atoms with Gasteiger partial charge in [-0.1, -0.05) is 6.92 Å². The molecule has 1 unspecified atom stereocenters. The third-order valence-corrected chi connectivity index (χ3v) is 5.04. The summed E-state index contributed by atoms with van der Waals surface area (Å²) in [6.07, 6.45) is 1.80. The minimum absolute atomic E-state index is 0.0263. The van der Waals surface area contributed by atoms with Crippen LogP contribution in [0.4, 0.5) is 5.69 Å². The summed E-state index contributed by atoms with van der Waals surface area (Å²) in [6.45, 7) is 3.47. The molecule has 0 aliphatic rings. The zero-order valence-corrected chi connectivity index (χ0v) is 15.6. The molecule has 1 aromatic carbocycles. The average Bonchev–Trinajstić information content (AvgIpc) is 3.08. The van der Waals surface area contributed by atoms with Gasteiger partial charge in [0, 0.05) is 23.1 Å². The Morgan fingerprint density at radius 1 is 1.37 bits per heavy atom. The Morgan fingerprint density at radius 2 is 2.07 bits per heavy atom. The van der Waals surface area contributed by atoms with E-state index >= 15 is 0 Å². The number of nitro benzene ring substituents is 1. The van der Waals surface area contributed by atoms with E-state index in [1.54, 1.807) is 24.4 Å². The highest BCUT2D eigenvalue weighted by Gasteiger charge is 2.16. The summed E-state index contributed by atoms with van der Waals surface area (Å²) in [5.74, 6) is -0.500. The number of thiophene rings is 1. The minimum atomic E-state index is -0.500. The smallest absolute Gasteiger partial charge is 0.326 e. The molecular weight excluding hydrogens is 370 g/mol. The lowest BCUT2D eigenvalue weighted by Gasteiger charge is -2.11. The number of non-ortho nitro benzene ring substituents is 1. The van der Waals surface area contributed by atoms with Crippen molar-refractivity contribution in [1.82, 2.24) is 9.55 Å². The molecule has 0 saturated carbocycles. The Bertz CT molecular complexity index is 1060. The van der Waals surface area contributed by atoms with Crippen LogP contribution in [0.3, 0.4) is 0 Å².